The monoisotopic (exact) mass is 234 g/mol. The Balaban J connectivity index is 2.20. The lowest BCUT2D eigenvalue weighted by Gasteiger charge is -2.20. The highest BCUT2D eigenvalue weighted by Crippen LogP contribution is 2.45. The summed E-state index contributed by atoms with van der Waals surface area (Å²) in [5.41, 5.74) is 0.458. The Morgan fingerprint density at radius 2 is 2.06 bits per heavy atom. The molecule has 1 saturated carbocycles. The van der Waals surface area contributed by atoms with Crippen LogP contribution in [0.25, 0.3) is 0 Å². The molecule has 0 aliphatic heterocycles. The Labute approximate surface area is 101 Å². The van der Waals surface area contributed by atoms with E-state index >= 15 is 0 Å². The van der Waals surface area contributed by atoms with Crippen molar-refractivity contribution in [3.05, 3.63) is 35.4 Å². The summed E-state index contributed by atoms with van der Waals surface area (Å²) >= 11 is 0. The van der Waals surface area contributed by atoms with Crippen LogP contribution in [0, 0.1) is 5.41 Å². The molecule has 3 heteroatoms. The first kappa shape index (κ1) is 12.1. The number of carboxylic acids is 1. The predicted molar refractivity (Wildman–Crippen MR) is 64.7 cm³/mol. The van der Waals surface area contributed by atoms with Gasteiger partial charge in [0.1, 0.15) is 0 Å². The van der Waals surface area contributed by atoms with Crippen LogP contribution in [0.4, 0.5) is 0 Å². The number of carboxylic acid groups (broad SMARTS) is 1. The van der Waals surface area contributed by atoms with Gasteiger partial charge >= 0.3 is 5.97 Å². The van der Waals surface area contributed by atoms with E-state index in [2.05, 4.69) is 0 Å². The first-order valence-corrected chi connectivity index (χ1v) is 5.89. The van der Waals surface area contributed by atoms with Crippen LogP contribution in [0.15, 0.2) is 24.3 Å². The summed E-state index contributed by atoms with van der Waals surface area (Å²) in [6.45, 7) is 3.43. The van der Waals surface area contributed by atoms with E-state index in [9.17, 15) is 9.90 Å². The molecule has 0 radical (unpaired) electrons. The number of aliphatic hydroxyl groups is 1. The van der Waals surface area contributed by atoms with Gasteiger partial charge in [-0.3, -0.25) is 4.79 Å². The molecule has 0 atom stereocenters. The van der Waals surface area contributed by atoms with E-state index in [0.717, 1.165) is 24.0 Å². The molecule has 0 spiro atoms. The second-order valence-corrected chi connectivity index (χ2v) is 5.60. The third kappa shape index (κ3) is 2.50. The molecule has 2 rings (SSSR count). The fourth-order valence-electron chi connectivity index (χ4n) is 1.96. The topological polar surface area (TPSA) is 57.5 Å². The first-order chi connectivity index (χ1) is 7.83. The number of hydrogen-bond donors (Lipinski definition) is 2. The van der Waals surface area contributed by atoms with Crippen LogP contribution in [0.3, 0.4) is 0 Å². The highest BCUT2D eigenvalue weighted by atomic mass is 16.4. The third-order valence-electron chi connectivity index (χ3n) is 3.41. The molecule has 0 aromatic heterocycles. The van der Waals surface area contributed by atoms with Crippen molar-refractivity contribution in [1.82, 2.24) is 0 Å². The van der Waals surface area contributed by atoms with Crippen molar-refractivity contribution in [3.63, 3.8) is 0 Å². The number of rotatable bonds is 4. The Kier molecular flexibility index (Phi) is 2.74. The Bertz CT molecular complexity index is 445. The minimum Gasteiger partial charge on any atom is -0.481 e. The lowest BCUT2D eigenvalue weighted by molar-refractivity contribution is -0.146. The van der Waals surface area contributed by atoms with Crippen LogP contribution in [-0.2, 0) is 16.8 Å². The molecule has 0 saturated heterocycles. The Hall–Kier alpha value is -1.35. The molecular weight excluding hydrogens is 216 g/mol. The van der Waals surface area contributed by atoms with Crippen molar-refractivity contribution in [2.24, 2.45) is 5.41 Å². The highest BCUT2D eigenvalue weighted by molar-refractivity contribution is 5.74. The number of hydrogen-bond acceptors (Lipinski definition) is 2. The molecule has 92 valence electrons. The number of aliphatic carboxylic acids is 1. The van der Waals surface area contributed by atoms with Crippen LogP contribution in [0.1, 0.15) is 37.8 Å². The second-order valence-electron chi connectivity index (χ2n) is 5.60. The molecule has 3 nitrogen and oxygen atoms in total. The van der Waals surface area contributed by atoms with Crippen LogP contribution in [0.5, 0.6) is 0 Å². The Morgan fingerprint density at radius 1 is 1.41 bits per heavy atom. The van der Waals surface area contributed by atoms with E-state index in [0.29, 0.717) is 6.42 Å². The van der Waals surface area contributed by atoms with Gasteiger partial charge in [-0.1, -0.05) is 24.3 Å². The Morgan fingerprint density at radius 3 is 2.59 bits per heavy atom. The second kappa shape index (κ2) is 3.84. The largest absolute Gasteiger partial charge is 0.481 e. The van der Waals surface area contributed by atoms with Gasteiger partial charge in [-0.15, -0.1) is 0 Å². The molecule has 0 amide bonds. The summed E-state index contributed by atoms with van der Waals surface area (Å²) in [4.78, 5) is 11.1. The fourth-order valence-corrected chi connectivity index (χ4v) is 1.96. The zero-order valence-corrected chi connectivity index (χ0v) is 10.2. The standard InChI is InChI=1S/C14H18O3/c1-13(2,12(15)16)9-10-4-3-5-11(8-10)14(17)6-7-14/h3-5,8,17H,6-7,9H2,1-2H3,(H,15,16). The van der Waals surface area contributed by atoms with Crippen molar-refractivity contribution in [2.45, 2.75) is 38.7 Å². The first-order valence-electron chi connectivity index (χ1n) is 5.89. The van der Waals surface area contributed by atoms with E-state index in [1.807, 2.05) is 24.3 Å². The van der Waals surface area contributed by atoms with E-state index in [-0.39, 0.29) is 0 Å². The van der Waals surface area contributed by atoms with Crippen molar-refractivity contribution in [3.8, 4) is 0 Å². The summed E-state index contributed by atoms with van der Waals surface area (Å²) in [5, 5.41) is 19.1. The molecule has 17 heavy (non-hydrogen) atoms. The van der Waals surface area contributed by atoms with E-state index in [1.54, 1.807) is 13.8 Å². The summed E-state index contributed by atoms with van der Waals surface area (Å²) in [7, 11) is 0. The summed E-state index contributed by atoms with van der Waals surface area (Å²) < 4.78 is 0. The third-order valence-corrected chi connectivity index (χ3v) is 3.41. The molecule has 1 fully saturated rings. The van der Waals surface area contributed by atoms with Crippen molar-refractivity contribution < 1.29 is 15.0 Å². The molecule has 1 aliphatic rings. The zero-order valence-electron chi connectivity index (χ0n) is 10.2. The van der Waals surface area contributed by atoms with Gasteiger partial charge in [-0.2, -0.15) is 0 Å². The molecular formula is C14H18O3. The fraction of sp³-hybridized carbons (Fsp3) is 0.500. The van der Waals surface area contributed by atoms with E-state index < -0.39 is 17.0 Å². The maximum atomic E-state index is 11.1. The van der Waals surface area contributed by atoms with Gasteiger partial charge < -0.3 is 10.2 Å². The molecule has 2 N–H and O–H groups in total. The lowest BCUT2D eigenvalue weighted by Crippen LogP contribution is -2.26. The van der Waals surface area contributed by atoms with Gasteiger partial charge in [0, 0.05) is 0 Å². The molecule has 0 unspecified atom stereocenters. The molecule has 0 bridgehead atoms. The maximum absolute atomic E-state index is 11.1. The van der Waals surface area contributed by atoms with Crippen molar-refractivity contribution >= 4 is 5.97 Å². The zero-order chi connectivity index (χ0) is 12.7. The van der Waals surface area contributed by atoms with Gasteiger partial charge in [0.2, 0.25) is 0 Å². The van der Waals surface area contributed by atoms with Crippen molar-refractivity contribution in [1.29, 1.82) is 0 Å². The maximum Gasteiger partial charge on any atom is 0.309 e. The van der Waals surface area contributed by atoms with E-state index in [4.69, 9.17) is 5.11 Å². The van der Waals surface area contributed by atoms with Gasteiger partial charge in [-0.05, 0) is 44.2 Å². The lowest BCUT2D eigenvalue weighted by atomic mass is 9.85. The van der Waals surface area contributed by atoms with Gasteiger partial charge in [0.05, 0.1) is 11.0 Å². The van der Waals surface area contributed by atoms with Gasteiger partial charge in [0.15, 0.2) is 0 Å². The normalized spacial score (nSPS) is 17.8. The quantitative estimate of drug-likeness (QED) is 0.840. The number of carbonyl (C=O) groups is 1. The smallest absolute Gasteiger partial charge is 0.309 e. The van der Waals surface area contributed by atoms with Gasteiger partial charge in [-0.25, -0.2) is 0 Å². The molecule has 1 aromatic carbocycles. The predicted octanol–water partition coefficient (Wildman–Crippen LogP) is 2.32. The van der Waals surface area contributed by atoms with Gasteiger partial charge in [0.25, 0.3) is 0 Å². The minimum atomic E-state index is -0.798. The van der Waals surface area contributed by atoms with E-state index in [1.165, 1.54) is 0 Å². The summed E-state index contributed by atoms with van der Waals surface area (Å²) in [6.07, 6.45) is 2.09. The van der Waals surface area contributed by atoms with Crippen molar-refractivity contribution in [2.75, 3.05) is 0 Å². The SMILES string of the molecule is CC(C)(Cc1cccc(C2(O)CC2)c1)C(=O)O. The minimum absolute atomic E-state index is 0.478. The summed E-state index contributed by atoms with van der Waals surface area (Å²) in [6, 6.07) is 7.64. The summed E-state index contributed by atoms with van der Waals surface area (Å²) in [5.74, 6) is -0.798. The average molecular weight is 234 g/mol. The van der Waals surface area contributed by atoms with Crippen LogP contribution >= 0.6 is 0 Å². The molecule has 1 aliphatic carbocycles. The van der Waals surface area contributed by atoms with Crippen LogP contribution in [0.2, 0.25) is 0 Å². The average Bonchev–Trinajstić information content (AvgIpc) is 2.97. The number of benzene rings is 1. The van der Waals surface area contributed by atoms with Crippen LogP contribution in [-0.4, -0.2) is 16.2 Å². The van der Waals surface area contributed by atoms with Crippen LogP contribution < -0.4 is 0 Å². The highest BCUT2D eigenvalue weighted by Gasteiger charge is 2.42. The molecule has 0 heterocycles. The molecule has 1 aromatic rings.